The number of nitrogens with one attached hydrogen (secondary N) is 1. The lowest BCUT2D eigenvalue weighted by Crippen LogP contribution is -2.44. The molecule has 0 saturated carbocycles. The summed E-state index contributed by atoms with van der Waals surface area (Å²) < 4.78 is 11.5. The van der Waals surface area contributed by atoms with Crippen LogP contribution in [-0.2, 0) is 25.6 Å². The number of nitrogens with zero attached hydrogens (tertiary/aromatic N) is 3. The molecule has 2 saturated heterocycles. The highest BCUT2D eigenvalue weighted by Crippen LogP contribution is 2.52. The van der Waals surface area contributed by atoms with E-state index in [1.54, 1.807) is 16.8 Å². The summed E-state index contributed by atoms with van der Waals surface area (Å²) in [6.45, 7) is 6.38. The SMILES string of the molecule is CCOCCN1C[C@]23C=C[C@H](O2)[C@H](C(=O)N(C)Cc2cc(C)[nH]n2)[C@@H]3C1=O. The van der Waals surface area contributed by atoms with Crippen LogP contribution in [0.5, 0.6) is 0 Å². The van der Waals surface area contributed by atoms with E-state index < -0.39 is 17.4 Å². The van der Waals surface area contributed by atoms with Gasteiger partial charge in [0.25, 0.3) is 0 Å². The maximum absolute atomic E-state index is 13.2. The largest absolute Gasteiger partial charge is 0.380 e. The number of aromatic amines is 1. The van der Waals surface area contributed by atoms with Crippen molar-refractivity contribution in [1.29, 1.82) is 0 Å². The predicted octanol–water partition coefficient (Wildman–Crippen LogP) is 0.495. The molecule has 8 nitrogen and oxygen atoms in total. The second-order valence-corrected chi connectivity index (χ2v) is 7.59. The summed E-state index contributed by atoms with van der Waals surface area (Å²) >= 11 is 0. The van der Waals surface area contributed by atoms with E-state index in [1.165, 1.54) is 0 Å². The molecule has 2 fully saturated rings. The molecule has 1 aromatic rings. The van der Waals surface area contributed by atoms with Crippen LogP contribution in [0, 0.1) is 18.8 Å². The predicted molar refractivity (Wildman–Crippen MR) is 96.6 cm³/mol. The molecule has 1 N–H and O–H groups in total. The molecule has 2 bridgehead atoms. The molecule has 0 aromatic carbocycles. The number of ether oxygens (including phenoxy) is 2. The number of hydrogen-bond acceptors (Lipinski definition) is 5. The van der Waals surface area contributed by atoms with Gasteiger partial charge in [0.1, 0.15) is 5.60 Å². The maximum Gasteiger partial charge on any atom is 0.230 e. The fourth-order valence-electron chi connectivity index (χ4n) is 4.50. The van der Waals surface area contributed by atoms with Gasteiger partial charge in [0.15, 0.2) is 0 Å². The van der Waals surface area contributed by atoms with Crippen LogP contribution in [0.15, 0.2) is 18.2 Å². The normalized spacial score (nSPS) is 31.0. The number of H-pyrrole nitrogens is 1. The van der Waals surface area contributed by atoms with E-state index in [0.29, 0.717) is 32.8 Å². The van der Waals surface area contributed by atoms with E-state index in [0.717, 1.165) is 11.4 Å². The van der Waals surface area contributed by atoms with Gasteiger partial charge < -0.3 is 19.3 Å². The Bertz CT molecular complexity index is 776. The summed E-state index contributed by atoms with van der Waals surface area (Å²) in [4.78, 5) is 29.6. The smallest absolute Gasteiger partial charge is 0.230 e. The lowest BCUT2D eigenvalue weighted by molar-refractivity contribution is -0.143. The summed E-state index contributed by atoms with van der Waals surface area (Å²) in [7, 11) is 1.75. The highest BCUT2D eigenvalue weighted by Gasteiger charge is 2.66. The van der Waals surface area contributed by atoms with Crippen molar-refractivity contribution in [3.05, 3.63) is 29.6 Å². The number of amides is 2. The Morgan fingerprint density at radius 3 is 3.07 bits per heavy atom. The Morgan fingerprint density at radius 2 is 2.37 bits per heavy atom. The van der Waals surface area contributed by atoms with Gasteiger partial charge in [0.05, 0.1) is 43.3 Å². The second kappa shape index (κ2) is 6.76. The number of rotatable bonds is 7. The van der Waals surface area contributed by atoms with Crippen LogP contribution in [0.2, 0.25) is 0 Å². The molecule has 8 heteroatoms. The molecule has 3 aliphatic heterocycles. The molecule has 1 spiro atoms. The van der Waals surface area contributed by atoms with Gasteiger partial charge in [-0.3, -0.25) is 14.7 Å². The topological polar surface area (TPSA) is 87.8 Å². The summed E-state index contributed by atoms with van der Waals surface area (Å²) in [5.74, 6) is -1.02. The van der Waals surface area contributed by atoms with E-state index in [2.05, 4.69) is 10.2 Å². The van der Waals surface area contributed by atoms with Crippen molar-refractivity contribution in [3.8, 4) is 0 Å². The summed E-state index contributed by atoms with van der Waals surface area (Å²) in [5, 5.41) is 7.08. The number of aromatic nitrogens is 2. The third-order valence-electron chi connectivity index (χ3n) is 5.71. The van der Waals surface area contributed by atoms with Crippen molar-refractivity contribution in [2.45, 2.75) is 32.1 Å². The number of carbonyl (C=O) groups is 2. The molecule has 4 rings (SSSR count). The highest BCUT2D eigenvalue weighted by atomic mass is 16.5. The zero-order valence-corrected chi connectivity index (χ0v) is 16.0. The molecular formula is C19H26N4O4. The van der Waals surface area contributed by atoms with Gasteiger partial charge in [-0.2, -0.15) is 5.10 Å². The molecule has 0 aliphatic carbocycles. The van der Waals surface area contributed by atoms with Crippen molar-refractivity contribution >= 4 is 11.8 Å². The van der Waals surface area contributed by atoms with Crippen LogP contribution < -0.4 is 0 Å². The minimum Gasteiger partial charge on any atom is -0.380 e. The zero-order valence-electron chi connectivity index (χ0n) is 16.0. The zero-order chi connectivity index (χ0) is 19.2. The van der Waals surface area contributed by atoms with Crippen LogP contribution >= 0.6 is 0 Å². The van der Waals surface area contributed by atoms with E-state index in [-0.39, 0.29) is 17.9 Å². The monoisotopic (exact) mass is 374 g/mol. The molecule has 1 aromatic heterocycles. The minimum absolute atomic E-state index is 0.0103. The maximum atomic E-state index is 13.2. The van der Waals surface area contributed by atoms with Crippen LogP contribution in [-0.4, -0.2) is 76.9 Å². The highest BCUT2D eigenvalue weighted by molar-refractivity contribution is 5.93. The molecule has 3 aliphatic rings. The molecule has 0 unspecified atom stereocenters. The van der Waals surface area contributed by atoms with Crippen molar-refractivity contribution in [2.75, 3.05) is 33.4 Å². The van der Waals surface area contributed by atoms with Crippen LogP contribution in [0.4, 0.5) is 0 Å². The van der Waals surface area contributed by atoms with E-state index in [1.807, 2.05) is 32.1 Å². The minimum atomic E-state index is -0.669. The molecule has 2 amide bonds. The lowest BCUT2D eigenvalue weighted by atomic mass is 9.76. The molecule has 27 heavy (non-hydrogen) atoms. The first-order chi connectivity index (χ1) is 12.9. The van der Waals surface area contributed by atoms with Crippen molar-refractivity contribution in [2.24, 2.45) is 11.8 Å². The summed E-state index contributed by atoms with van der Waals surface area (Å²) in [6, 6.07) is 1.92. The van der Waals surface area contributed by atoms with Gasteiger partial charge in [0.2, 0.25) is 11.8 Å². The van der Waals surface area contributed by atoms with Gasteiger partial charge >= 0.3 is 0 Å². The average Bonchev–Trinajstić information content (AvgIpc) is 3.37. The first kappa shape index (κ1) is 18.2. The standard InChI is InChI=1S/C19H26N4O4/c1-4-26-8-7-23-11-19-6-5-14(27-19)15(16(19)18(23)25)17(24)22(3)10-13-9-12(2)20-21-13/h5-6,9,14-16H,4,7-8,10-11H2,1-3H3,(H,20,21)/t14-,15-,16+,19-/m0/s1. The number of carbonyl (C=O) groups excluding carboxylic acids is 2. The second-order valence-electron chi connectivity index (χ2n) is 7.59. The average molecular weight is 374 g/mol. The lowest BCUT2D eigenvalue weighted by Gasteiger charge is -2.27. The van der Waals surface area contributed by atoms with Crippen molar-refractivity contribution in [1.82, 2.24) is 20.0 Å². The van der Waals surface area contributed by atoms with Gasteiger partial charge in [-0.25, -0.2) is 0 Å². The van der Waals surface area contributed by atoms with E-state index >= 15 is 0 Å². The molecule has 0 radical (unpaired) electrons. The third-order valence-corrected chi connectivity index (χ3v) is 5.71. The Kier molecular flexibility index (Phi) is 4.55. The van der Waals surface area contributed by atoms with Gasteiger partial charge in [-0.15, -0.1) is 0 Å². The van der Waals surface area contributed by atoms with Crippen LogP contribution in [0.1, 0.15) is 18.3 Å². The first-order valence-corrected chi connectivity index (χ1v) is 9.45. The van der Waals surface area contributed by atoms with Crippen molar-refractivity contribution in [3.63, 3.8) is 0 Å². The van der Waals surface area contributed by atoms with Crippen LogP contribution in [0.3, 0.4) is 0 Å². The molecule has 4 atom stereocenters. The molecular weight excluding hydrogens is 348 g/mol. The number of likely N-dealkylation sites (tertiary alicyclic amines) is 1. The fraction of sp³-hybridized carbons (Fsp3) is 0.632. The molecule has 146 valence electrons. The van der Waals surface area contributed by atoms with Gasteiger partial charge in [0, 0.05) is 25.9 Å². The van der Waals surface area contributed by atoms with Crippen molar-refractivity contribution < 1.29 is 19.1 Å². The Hall–Kier alpha value is -2.19. The molecule has 4 heterocycles. The van der Waals surface area contributed by atoms with Gasteiger partial charge in [-0.1, -0.05) is 12.2 Å². The van der Waals surface area contributed by atoms with E-state index in [4.69, 9.17) is 9.47 Å². The summed E-state index contributed by atoms with van der Waals surface area (Å²) in [6.07, 6.45) is 3.58. The quantitative estimate of drug-likeness (QED) is 0.555. The van der Waals surface area contributed by atoms with E-state index in [9.17, 15) is 9.59 Å². The fourth-order valence-corrected chi connectivity index (χ4v) is 4.50. The number of hydrogen-bond donors (Lipinski definition) is 1. The summed E-state index contributed by atoms with van der Waals surface area (Å²) in [5.41, 5.74) is 1.08. The Balaban J connectivity index is 1.49. The number of aryl methyl sites for hydroxylation is 1. The van der Waals surface area contributed by atoms with Crippen LogP contribution in [0.25, 0.3) is 0 Å². The Labute approximate surface area is 158 Å². The first-order valence-electron chi connectivity index (χ1n) is 9.45. The van der Waals surface area contributed by atoms with Gasteiger partial charge in [-0.05, 0) is 19.9 Å². The number of fused-ring (bicyclic) bond motifs is 1. The third kappa shape index (κ3) is 2.96. The Morgan fingerprint density at radius 1 is 1.56 bits per heavy atom.